The first-order valence-electron chi connectivity index (χ1n) is 20.7. The van der Waals surface area contributed by atoms with E-state index in [0.29, 0.717) is 0 Å². The maximum Gasteiger partial charge on any atom is 0.0159 e. The minimum Gasteiger partial charge on any atom is -0.0622 e. The Balaban J connectivity index is 1.20. The van der Waals surface area contributed by atoms with Crippen LogP contribution in [0.4, 0.5) is 0 Å². The fourth-order valence-electron chi connectivity index (χ4n) is 9.63. The third kappa shape index (κ3) is 5.91. The molecule has 0 saturated heterocycles. The van der Waals surface area contributed by atoms with Crippen LogP contribution in [0, 0.1) is 0 Å². The molecule has 10 aromatic rings. The van der Waals surface area contributed by atoms with Gasteiger partial charge in [-0.2, -0.15) is 0 Å². The summed E-state index contributed by atoms with van der Waals surface area (Å²) in [6, 6.07) is 80.7. The van der Waals surface area contributed by atoms with Crippen molar-refractivity contribution in [3.05, 3.63) is 230 Å². The van der Waals surface area contributed by atoms with E-state index >= 15 is 0 Å². The minimum atomic E-state index is -0.136. The molecule has 0 aromatic heterocycles. The number of hydrogen-bond donors (Lipinski definition) is 0. The summed E-state index contributed by atoms with van der Waals surface area (Å²) in [6.45, 7) is 4.78. The van der Waals surface area contributed by atoms with Crippen LogP contribution in [0.15, 0.2) is 218 Å². The van der Waals surface area contributed by atoms with Crippen molar-refractivity contribution in [2.24, 2.45) is 0 Å². The zero-order valence-electron chi connectivity index (χ0n) is 33.3. The van der Waals surface area contributed by atoms with Crippen LogP contribution < -0.4 is 0 Å². The molecule has 11 rings (SSSR count). The lowest BCUT2D eigenvalue weighted by Crippen LogP contribution is -2.14. The van der Waals surface area contributed by atoms with Gasteiger partial charge in [0.1, 0.15) is 0 Å². The SMILES string of the molecule is CC1(C)c2ccccc2-c2cc3c(-c4ccc(-c5ccccc5)cc4)c4ccc(-c5ccc(-c6ccccc6)cc5)cc4c(-c4ccc(-c5ccccc5)cc4)c3cc21. The van der Waals surface area contributed by atoms with Gasteiger partial charge < -0.3 is 0 Å². The van der Waals surface area contributed by atoms with Gasteiger partial charge in [-0.15, -0.1) is 0 Å². The van der Waals surface area contributed by atoms with Crippen molar-refractivity contribution >= 4 is 21.5 Å². The molecule has 0 bridgehead atoms. The lowest BCUT2D eigenvalue weighted by atomic mass is 9.79. The van der Waals surface area contributed by atoms with Crippen molar-refractivity contribution in [2.75, 3.05) is 0 Å². The van der Waals surface area contributed by atoms with Gasteiger partial charge in [-0.25, -0.2) is 0 Å². The summed E-state index contributed by atoms with van der Waals surface area (Å²) >= 11 is 0. The van der Waals surface area contributed by atoms with Gasteiger partial charge in [0, 0.05) is 5.41 Å². The maximum atomic E-state index is 2.54. The van der Waals surface area contributed by atoms with E-state index in [2.05, 4.69) is 232 Å². The molecule has 59 heavy (non-hydrogen) atoms. The molecule has 0 spiro atoms. The molecule has 0 radical (unpaired) electrons. The highest BCUT2D eigenvalue weighted by atomic mass is 14.4. The molecule has 1 aliphatic rings. The molecule has 0 amide bonds. The highest BCUT2D eigenvalue weighted by Crippen LogP contribution is 2.53. The summed E-state index contributed by atoms with van der Waals surface area (Å²) in [4.78, 5) is 0. The second-order valence-corrected chi connectivity index (χ2v) is 16.5. The van der Waals surface area contributed by atoms with E-state index in [4.69, 9.17) is 0 Å². The summed E-state index contributed by atoms with van der Waals surface area (Å²) < 4.78 is 0. The summed E-state index contributed by atoms with van der Waals surface area (Å²) in [5.74, 6) is 0. The predicted molar refractivity (Wildman–Crippen MR) is 252 cm³/mol. The Bertz CT molecular complexity index is 3150. The Labute approximate surface area is 346 Å². The molecule has 0 heterocycles. The smallest absolute Gasteiger partial charge is 0.0159 e. The summed E-state index contributed by atoms with van der Waals surface area (Å²) in [5.41, 5.74) is 20.0. The van der Waals surface area contributed by atoms with Crippen molar-refractivity contribution in [3.8, 4) is 77.9 Å². The van der Waals surface area contributed by atoms with Gasteiger partial charge in [0.25, 0.3) is 0 Å². The normalized spacial score (nSPS) is 12.7. The van der Waals surface area contributed by atoms with Crippen LogP contribution in [0.2, 0.25) is 0 Å². The predicted octanol–water partition coefficient (Wildman–Crippen LogP) is 16.3. The van der Waals surface area contributed by atoms with E-state index < -0.39 is 0 Å². The van der Waals surface area contributed by atoms with Crippen LogP contribution in [-0.4, -0.2) is 0 Å². The lowest BCUT2D eigenvalue weighted by molar-refractivity contribution is 0.661. The maximum absolute atomic E-state index is 2.54. The van der Waals surface area contributed by atoms with Gasteiger partial charge in [0.15, 0.2) is 0 Å². The highest BCUT2D eigenvalue weighted by molar-refractivity contribution is 6.23. The largest absolute Gasteiger partial charge is 0.0622 e. The number of rotatable bonds is 6. The first kappa shape index (κ1) is 34.9. The molecule has 0 heteroatoms. The second-order valence-electron chi connectivity index (χ2n) is 16.5. The van der Waals surface area contributed by atoms with E-state index in [0.717, 1.165) is 0 Å². The molecule has 0 nitrogen and oxygen atoms in total. The van der Waals surface area contributed by atoms with Gasteiger partial charge in [0.05, 0.1) is 0 Å². The van der Waals surface area contributed by atoms with Gasteiger partial charge in [0.2, 0.25) is 0 Å². The Hall–Kier alpha value is -7.28. The molecular weight excluding hydrogens is 709 g/mol. The average Bonchev–Trinajstić information content (AvgIpc) is 3.53. The van der Waals surface area contributed by atoms with Crippen LogP contribution in [0.5, 0.6) is 0 Å². The van der Waals surface area contributed by atoms with Crippen molar-refractivity contribution in [3.63, 3.8) is 0 Å². The highest BCUT2D eigenvalue weighted by Gasteiger charge is 2.36. The number of hydrogen-bond acceptors (Lipinski definition) is 0. The Morgan fingerprint density at radius 1 is 0.237 bits per heavy atom. The molecular formula is C59H42. The van der Waals surface area contributed by atoms with Crippen LogP contribution in [0.25, 0.3) is 99.4 Å². The molecule has 0 unspecified atom stereocenters. The zero-order valence-corrected chi connectivity index (χ0v) is 33.3. The number of fused-ring (bicyclic) bond motifs is 5. The topological polar surface area (TPSA) is 0 Å². The molecule has 10 aromatic carbocycles. The molecule has 0 N–H and O–H groups in total. The van der Waals surface area contributed by atoms with Crippen LogP contribution in [0.3, 0.4) is 0 Å². The standard InChI is InChI=1S/C59H42/c1-59(2)55-21-13-12-20-49(55)51-37-53-54(38-56(51)59)58(47-32-28-44(29-33-47)41-18-10-5-11-19-41)52-36-48(45-24-22-42(23-25-45)39-14-6-3-7-15-39)34-35-50(52)57(53)46-30-26-43(27-31-46)40-16-8-4-9-17-40/h3-38H,1-2H3. The first-order chi connectivity index (χ1) is 29.0. The molecule has 0 fully saturated rings. The first-order valence-corrected chi connectivity index (χ1v) is 20.7. The van der Waals surface area contributed by atoms with Crippen molar-refractivity contribution in [1.82, 2.24) is 0 Å². The molecule has 278 valence electrons. The van der Waals surface area contributed by atoms with Crippen LogP contribution >= 0.6 is 0 Å². The second kappa shape index (κ2) is 14.0. The molecule has 0 atom stereocenters. The van der Waals surface area contributed by atoms with Gasteiger partial charge in [-0.1, -0.05) is 214 Å². The van der Waals surface area contributed by atoms with Gasteiger partial charge >= 0.3 is 0 Å². The summed E-state index contributed by atoms with van der Waals surface area (Å²) in [7, 11) is 0. The van der Waals surface area contributed by atoms with Crippen LogP contribution in [0.1, 0.15) is 25.0 Å². The fourth-order valence-corrected chi connectivity index (χ4v) is 9.63. The summed E-state index contributed by atoms with van der Waals surface area (Å²) in [5, 5.41) is 5.06. The average molecular weight is 751 g/mol. The quantitative estimate of drug-likeness (QED) is 0.149. The van der Waals surface area contributed by atoms with E-state index in [9.17, 15) is 0 Å². The van der Waals surface area contributed by atoms with E-state index in [1.54, 1.807) is 0 Å². The Kier molecular flexibility index (Phi) is 8.27. The monoisotopic (exact) mass is 750 g/mol. The third-order valence-corrected chi connectivity index (χ3v) is 12.7. The molecule has 1 aliphatic carbocycles. The fraction of sp³-hybridized carbons (Fsp3) is 0.0508. The minimum absolute atomic E-state index is 0.136. The Morgan fingerprint density at radius 2 is 0.593 bits per heavy atom. The van der Waals surface area contributed by atoms with E-state index in [-0.39, 0.29) is 5.41 Å². The molecule has 0 saturated carbocycles. The van der Waals surface area contributed by atoms with Crippen LogP contribution in [-0.2, 0) is 5.41 Å². The van der Waals surface area contributed by atoms with Gasteiger partial charge in [-0.3, -0.25) is 0 Å². The third-order valence-electron chi connectivity index (χ3n) is 12.7. The Morgan fingerprint density at radius 3 is 1.10 bits per heavy atom. The van der Waals surface area contributed by atoms with Crippen molar-refractivity contribution in [2.45, 2.75) is 19.3 Å². The van der Waals surface area contributed by atoms with Crippen molar-refractivity contribution < 1.29 is 0 Å². The molecule has 0 aliphatic heterocycles. The van der Waals surface area contributed by atoms with E-state index in [1.165, 1.54) is 111 Å². The van der Waals surface area contributed by atoms with E-state index in [1.807, 2.05) is 0 Å². The van der Waals surface area contributed by atoms with Gasteiger partial charge in [-0.05, 0) is 129 Å². The number of benzene rings is 10. The zero-order chi connectivity index (χ0) is 39.5. The lowest BCUT2D eigenvalue weighted by Gasteiger charge is -2.24. The summed E-state index contributed by atoms with van der Waals surface area (Å²) in [6.07, 6.45) is 0. The van der Waals surface area contributed by atoms with Crippen molar-refractivity contribution in [1.29, 1.82) is 0 Å².